The lowest BCUT2D eigenvalue weighted by molar-refractivity contribution is 0.315. The summed E-state index contributed by atoms with van der Waals surface area (Å²) in [5.74, 6) is 0.994. The van der Waals surface area contributed by atoms with Crippen LogP contribution in [0.15, 0.2) is 41.1 Å². The summed E-state index contributed by atoms with van der Waals surface area (Å²) in [5, 5.41) is 7.84. The van der Waals surface area contributed by atoms with Crippen LogP contribution in [0.2, 0.25) is 0 Å². The number of hydrogen-bond donors (Lipinski definition) is 1. The Hall–Kier alpha value is -1.33. The maximum absolute atomic E-state index is 5.82. The van der Waals surface area contributed by atoms with Gasteiger partial charge in [-0.1, -0.05) is 22.0 Å². The number of fused-ring (bicyclic) bond motifs is 1. The number of rotatable bonds is 4. The summed E-state index contributed by atoms with van der Waals surface area (Å²) in [6.07, 6.45) is 5.98. The van der Waals surface area contributed by atoms with Crippen LogP contribution in [-0.4, -0.2) is 22.9 Å². The molecule has 0 bridgehead atoms. The third-order valence-electron chi connectivity index (χ3n) is 3.54. The van der Waals surface area contributed by atoms with Crippen molar-refractivity contribution in [3.63, 3.8) is 0 Å². The highest BCUT2D eigenvalue weighted by Crippen LogP contribution is 2.33. The van der Waals surface area contributed by atoms with E-state index >= 15 is 0 Å². The van der Waals surface area contributed by atoms with Crippen molar-refractivity contribution >= 4 is 15.9 Å². The Kier molecular flexibility index (Phi) is 4.38. The van der Waals surface area contributed by atoms with Crippen molar-refractivity contribution in [1.29, 1.82) is 0 Å². The van der Waals surface area contributed by atoms with E-state index in [2.05, 4.69) is 44.5 Å². The third-order valence-corrected chi connectivity index (χ3v) is 4.03. The summed E-state index contributed by atoms with van der Waals surface area (Å²) in [4.78, 5) is 0. The first-order chi connectivity index (χ1) is 9.83. The number of halogens is 1. The van der Waals surface area contributed by atoms with Crippen molar-refractivity contribution in [3.8, 4) is 5.75 Å². The van der Waals surface area contributed by atoms with Crippen molar-refractivity contribution in [2.75, 3.05) is 13.2 Å². The van der Waals surface area contributed by atoms with E-state index in [4.69, 9.17) is 4.74 Å². The lowest BCUT2D eigenvalue weighted by atomic mass is 10.0. The van der Waals surface area contributed by atoms with Gasteiger partial charge in [0.2, 0.25) is 0 Å². The van der Waals surface area contributed by atoms with Gasteiger partial charge in [-0.25, -0.2) is 0 Å². The summed E-state index contributed by atoms with van der Waals surface area (Å²) in [5.41, 5.74) is 1.26. The number of ether oxygens (including phenoxy) is 1. The first-order valence-corrected chi connectivity index (χ1v) is 7.75. The molecule has 106 valence electrons. The van der Waals surface area contributed by atoms with Crippen LogP contribution < -0.4 is 10.1 Å². The van der Waals surface area contributed by atoms with Gasteiger partial charge in [-0.3, -0.25) is 4.68 Å². The molecule has 3 rings (SSSR count). The molecule has 0 spiro atoms. The van der Waals surface area contributed by atoms with Crippen LogP contribution in [0.1, 0.15) is 24.4 Å². The Morgan fingerprint density at radius 3 is 3.25 bits per heavy atom. The molecule has 1 N–H and O–H groups in total. The highest BCUT2D eigenvalue weighted by molar-refractivity contribution is 9.10. The molecule has 1 aromatic carbocycles. The monoisotopic (exact) mass is 335 g/mol. The molecule has 0 amide bonds. The molecule has 1 aliphatic heterocycles. The van der Waals surface area contributed by atoms with Crippen molar-refractivity contribution in [2.45, 2.75) is 25.4 Å². The lowest BCUT2D eigenvalue weighted by Gasteiger charge is -2.18. The standard InChI is InChI=1S/C15H18BrN3O/c16-12-4-5-13-14(3-1-10-20-15(13)11-12)17-7-9-19-8-2-6-18-19/h2,4-6,8,11,14,17H,1,3,7,9-10H2. The molecule has 1 aliphatic rings. The highest BCUT2D eigenvalue weighted by Gasteiger charge is 2.19. The van der Waals surface area contributed by atoms with E-state index in [0.29, 0.717) is 6.04 Å². The van der Waals surface area contributed by atoms with Crippen LogP contribution in [0.4, 0.5) is 0 Å². The van der Waals surface area contributed by atoms with E-state index in [0.717, 1.165) is 42.8 Å². The van der Waals surface area contributed by atoms with Crippen LogP contribution in [0.25, 0.3) is 0 Å². The third kappa shape index (κ3) is 3.22. The van der Waals surface area contributed by atoms with Crippen LogP contribution in [-0.2, 0) is 6.54 Å². The number of hydrogen-bond acceptors (Lipinski definition) is 3. The first kappa shape index (κ1) is 13.6. The Balaban J connectivity index is 1.67. The van der Waals surface area contributed by atoms with E-state index in [1.54, 1.807) is 0 Å². The Bertz CT molecular complexity index is 556. The smallest absolute Gasteiger partial charge is 0.125 e. The molecule has 0 saturated heterocycles. The molecule has 4 nitrogen and oxygen atoms in total. The molecule has 1 aromatic heterocycles. The molecule has 0 fully saturated rings. The fourth-order valence-corrected chi connectivity index (χ4v) is 2.88. The number of aromatic nitrogens is 2. The van der Waals surface area contributed by atoms with E-state index in [-0.39, 0.29) is 0 Å². The van der Waals surface area contributed by atoms with Crippen molar-refractivity contribution in [1.82, 2.24) is 15.1 Å². The van der Waals surface area contributed by atoms with Gasteiger partial charge in [-0.2, -0.15) is 5.10 Å². The molecule has 0 radical (unpaired) electrons. The van der Waals surface area contributed by atoms with Gasteiger partial charge in [0.15, 0.2) is 0 Å². The Morgan fingerprint density at radius 1 is 1.45 bits per heavy atom. The Labute approximate surface area is 127 Å². The molecule has 5 heteroatoms. The van der Waals surface area contributed by atoms with E-state index in [1.807, 2.05) is 23.1 Å². The van der Waals surface area contributed by atoms with Gasteiger partial charge in [0, 0.05) is 35.0 Å². The number of nitrogens with one attached hydrogen (secondary N) is 1. The predicted molar refractivity (Wildman–Crippen MR) is 81.8 cm³/mol. The first-order valence-electron chi connectivity index (χ1n) is 6.96. The minimum Gasteiger partial charge on any atom is -0.493 e. The van der Waals surface area contributed by atoms with E-state index in [1.165, 1.54) is 5.56 Å². The second-order valence-electron chi connectivity index (χ2n) is 4.95. The summed E-state index contributed by atoms with van der Waals surface area (Å²) in [6.45, 7) is 2.58. The fraction of sp³-hybridized carbons (Fsp3) is 0.400. The second kappa shape index (κ2) is 6.41. The highest BCUT2D eigenvalue weighted by atomic mass is 79.9. The minimum absolute atomic E-state index is 0.358. The van der Waals surface area contributed by atoms with Crippen LogP contribution in [0.5, 0.6) is 5.75 Å². The summed E-state index contributed by atoms with van der Waals surface area (Å²) < 4.78 is 8.83. The molecular weight excluding hydrogens is 318 g/mol. The average molecular weight is 336 g/mol. The van der Waals surface area contributed by atoms with Crippen molar-refractivity contribution in [3.05, 3.63) is 46.7 Å². The van der Waals surface area contributed by atoms with E-state index < -0.39 is 0 Å². The SMILES string of the molecule is Brc1ccc2c(c1)OCCCC2NCCn1cccn1. The number of benzene rings is 1. The maximum Gasteiger partial charge on any atom is 0.125 e. The maximum atomic E-state index is 5.82. The minimum atomic E-state index is 0.358. The zero-order valence-electron chi connectivity index (χ0n) is 11.3. The van der Waals surface area contributed by atoms with Gasteiger partial charge < -0.3 is 10.1 Å². The van der Waals surface area contributed by atoms with Gasteiger partial charge in [0.1, 0.15) is 5.75 Å². The van der Waals surface area contributed by atoms with Gasteiger partial charge in [-0.05, 0) is 31.0 Å². The summed E-state index contributed by atoms with van der Waals surface area (Å²) in [6, 6.07) is 8.59. The van der Waals surface area contributed by atoms with Crippen molar-refractivity contribution < 1.29 is 4.74 Å². The quantitative estimate of drug-likeness (QED) is 0.932. The number of nitrogens with zero attached hydrogens (tertiary/aromatic N) is 2. The largest absolute Gasteiger partial charge is 0.493 e. The van der Waals surface area contributed by atoms with Crippen molar-refractivity contribution in [2.24, 2.45) is 0 Å². The molecule has 20 heavy (non-hydrogen) atoms. The molecule has 1 atom stereocenters. The fourth-order valence-electron chi connectivity index (χ4n) is 2.54. The summed E-state index contributed by atoms with van der Waals surface area (Å²) in [7, 11) is 0. The van der Waals surface area contributed by atoms with Crippen LogP contribution in [0.3, 0.4) is 0 Å². The van der Waals surface area contributed by atoms with Crippen LogP contribution in [0, 0.1) is 0 Å². The van der Waals surface area contributed by atoms with Gasteiger partial charge >= 0.3 is 0 Å². The zero-order valence-corrected chi connectivity index (χ0v) is 12.8. The van der Waals surface area contributed by atoms with Gasteiger partial charge in [0.25, 0.3) is 0 Å². The topological polar surface area (TPSA) is 39.1 Å². The molecule has 0 saturated carbocycles. The van der Waals surface area contributed by atoms with Gasteiger partial charge in [0.05, 0.1) is 13.2 Å². The summed E-state index contributed by atoms with van der Waals surface area (Å²) >= 11 is 3.50. The molecule has 0 aliphatic carbocycles. The molecule has 1 unspecified atom stereocenters. The molecule has 2 aromatic rings. The lowest BCUT2D eigenvalue weighted by Crippen LogP contribution is -2.25. The zero-order chi connectivity index (χ0) is 13.8. The predicted octanol–water partition coefficient (Wildman–Crippen LogP) is 3.15. The van der Waals surface area contributed by atoms with Gasteiger partial charge in [-0.15, -0.1) is 0 Å². The molecule has 2 heterocycles. The normalized spacial score (nSPS) is 18.1. The average Bonchev–Trinajstić information content (AvgIpc) is 2.87. The molecular formula is C15H18BrN3O. The second-order valence-corrected chi connectivity index (χ2v) is 5.86. The van der Waals surface area contributed by atoms with E-state index in [9.17, 15) is 0 Å². The Morgan fingerprint density at radius 2 is 2.40 bits per heavy atom. The van der Waals surface area contributed by atoms with Crippen LogP contribution >= 0.6 is 15.9 Å².